The summed E-state index contributed by atoms with van der Waals surface area (Å²) in [4.78, 5) is 10.7. The second kappa shape index (κ2) is 4.03. The molecular formula is C12H16O3. The molecule has 0 spiro atoms. The van der Waals surface area contributed by atoms with Crippen molar-refractivity contribution in [3.05, 3.63) is 35.4 Å². The fourth-order valence-corrected chi connectivity index (χ4v) is 1.45. The first-order valence-corrected chi connectivity index (χ1v) is 4.83. The van der Waals surface area contributed by atoms with Crippen molar-refractivity contribution in [1.29, 1.82) is 0 Å². The Morgan fingerprint density at radius 1 is 1.27 bits per heavy atom. The van der Waals surface area contributed by atoms with Crippen molar-refractivity contribution in [2.45, 2.75) is 32.3 Å². The van der Waals surface area contributed by atoms with Crippen LogP contribution in [0.5, 0.6) is 0 Å². The predicted molar refractivity (Wildman–Crippen MR) is 57.8 cm³/mol. The van der Waals surface area contributed by atoms with Crippen molar-refractivity contribution in [1.82, 2.24) is 0 Å². The normalized spacial score (nSPS) is 13.6. The SMILES string of the molecule is Cc1ccc(C(C)(C)C(O)C(=O)O)cc1. The van der Waals surface area contributed by atoms with Gasteiger partial charge in [0.15, 0.2) is 6.10 Å². The second-order valence-electron chi connectivity index (χ2n) is 4.33. The van der Waals surface area contributed by atoms with Gasteiger partial charge in [0.25, 0.3) is 0 Å². The fraction of sp³-hybridized carbons (Fsp3) is 0.417. The lowest BCUT2D eigenvalue weighted by Crippen LogP contribution is -2.39. The standard InChI is InChI=1S/C12H16O3/c1-8-4-6-9(7-5-8)12(2,3)10(13)11(14)15/h4-7,10,13H,1-3H3,(H,14,15). The van der Waals surface area contributed by atoms with Crippen LogP contribution >= 0.6 is 0 Å². The maximum absolute atomic E-state index is 10.7. The van der Waals surface area contributed by atoms with E-state index in [1.165, 1.54) is 0 Å². The number of aryl methyl sites for hydroxylation is 1. The molecule has 0 aliphatic rings. The van der Waals surface area contributed by atoms with E-state index in [0.29, 0.717) is 0 Å². The Labute approximate surface area is 89.4 Å². The highest BCUT2D eigenvalue weighted by atomic mass is 16.4. The summed E-state index contributed by atoms with van der Waals surface area (Å²) < 4.78 is 0. The highest BCUT2D eigenvalue weighted by Crippen LogP contribution is 2.27. The fourth-order valence-electron chi connectivity index (χ4n) is 1.45. The summed E-state index contributed by atoms with van der Waals surface area (Å²) in [5.74, 6) is -1.19. The zero-order valence-electron chi connectivity index (χ0n) is 9.19. The van der Waals surface area contributed by atoms with Gasteiger partial charge in [-0.2, -0.15) is 0 Å². The highest BCUT2D eigenvalue weighted by molar-refractivity contribution is 5.74. The minimum Gasteiger partial charge on any atom is -0.479 e. The van der Waals surface area contributed by atoms with Crippen LogP contribution in [0, 0.1) is 6.92 Å². The van der Waals surface area contributed by atoms with Crippen molar-refractivity contribution >= 4 is 5.97 Å². The molecule has 2 N–H and O–H groups in total. The van der Waals surface area contributed by atoms with Crippen LogP contribution in [0.25, 0.3) is 0 Å². The Hall–Kier alpha value is -1.35. The van der Waals surface area contributed by atoms with Gasteiger partial charge in [-0.1, -0.05) is 43.7 Å². The number of carboxylic acids is 1. The average Bonchev–Trinajstić information content (AvgIpc) is 2.17. The van der Waals surface area contributed by atoms with E-state index < -0.39 is 17.5 Å². The van der Waals surface area contributed by atoms with Crippen molar-refractivity contribution in [2.75, 3.05) is 0 Å². The van der Waals surface area contributed by atoms with E-state index >= 15 is 0 Å². The average molecular weight is 208 g/mol. The maximum atomic E-state index is 10.7. The number of aliphatic hydroxyl groups is 1. The van der Waals surface area contributed by atoms with Gasteiger partial charge in [0, 0.05) is 5.41 Å². The molecule has 1 aromatic carbocycles. The molecule has 0 heterocycles. The van der Waals surface area contributed by atoms with E-state index in [0.717, 1.165) is 11.1 Å². The first-order valence-electron chi connectivity index (χ1n) is 4.83. The van der Waals surface area contributed by atoms with E-state index in [9.17, 15) is 9.90 Å². The molecular weight excluding hydrogens is 192 g/mol. The molecule has 0 radical (unpaired) electrons. The molecule has 0 saturated carbocycles. The van der Waals surface area contributed by atoms with Gasteiger partial charge in [-0.25, -0.2) is 4.79 Å². The molecule has 0 amide bonds. The van der Waals surface area contributed by atoms with Crippen LogP contribution < -0.4 is 0 Å². The number of hydrogen-bond donors (Lipinski definition) is 2. The van der Waals surface area contributed by atoms with Crippen LogP contribution in [-0.2, 0) is 10.2 Å². The molecule has 0 bridgehead atoms. The summed E-state index contributed by atoms with van der Waals surface area (Å²) in [6.45, 7) is 5.40. The third kappa shape index (κ3) is 2.36. The lowest BCUT2D eigenvalue weighted by Gasteiger charge is -2.28. The van der Waals surface area contributed by atoms with Crippen molar-refractivity contribution < 1.29 is 15.0 Å². The number of hydrogen-bond acceptors (Lipinski definition) is 2. The van der Waals surface area contributed by atoms with Crippen LogP contribution in [0.3, 0.4) is 0 Å². The summed E-state index contributed by atoms with van der Waals surface area (Å²) in [6.07, 6.45) is -1.39. The number of carboxylic acid groups (broad SMARTS) is 1. The molecule has 0 fully saturated rings. The van der Waals surface area contributed by atoms with Crippen LogP contribution in [0.4, 0.5) is 0 Å². The maximum Gasteiger partial charge on any atom is 0.333 e. The van der Waals surface area contributed by atoms with Gasteiger partial charge in [0.2, 0.25) is 0 Å². The zero-order chi connectivity index (χ0) is 11.6. The molecule has 0 saturated heterocycles. The molecule has 0 aliphatic heterocycles. The van der Waals surface area contributed by atoms with E-state index in [1.54, 1.807) is 13.8 Å². The molecule has 1 atom stereocenters. The highest BCUT2D eigenvalue weighted by Gasteiger charge is 2.34. The van der Waals surface area contributed by atoms with Gasteiger partial charge in [0.05, 0.1) is 0 Å². The van der Waals surface area contributed by atoms with Crippen molar-refractivity contribution in [3.8, 4) is 0 Å². The molecule has 15 heavy (non-hydrogen) atoms. The lowest BCUT2D eigenvalue weighted by molar-refractivity contribution is -0.150. The largest absolute Gasteiger partial charge is 0.479 e. The summed E-state index contributed by atoms with van der Waals surface area (Å²) in [5, 5.41) is 18.4. The molecule has 82 valence electrons. The smallest absolute Gasteiger partial charge is 0.333 e. The van der Waals surface area contributed by atoms with E-state index in [2.05, 4.69) is 0 Å². The Kier molecular flexibility index (Phi) is 3.15. The van der Waals surface area contributed by atoms with Crippen molar-refractivity contribution in [2.24, 2.45) is 0 Å². The van der Waals surface area contributed by atoms with Crippen LogP contribution in [0.1, 0.15) is 25.0 Å². The Morgan fingerprint density at radius 2 is 1.73 bits per heavy atom. The molecule has 3 heteroatoms. The van der Waals surface area contributed by atoms with Crippen LogP contribution in [0.2, 0.25) is 0 Å². The molecule has 3 nitrogen and oxygen atoms in total. The van der Waals surface area contributed by atoms with E-state index in [4.69, 9.17) is 5.11 Å². The topological polar surface area (TPSA) is 57.5 Å². The van der Waals surface area contributed by atoms with Crippen LogP contribution in [-0.4, -0.2) is 22.3 Å². The van der Waals surface area contributed by atoms with Gasteiger partial charge in [-0.3, -0.25) is 0 Å². The summed E-state index contributed by atoms with van der Waals surface area (Å²) in [6, 6.07) is 7.51. The summed E-state index contributed by atoms with van der Waals surface area (Å²) in [7, 11) is 0. The van der Waals surface area contributed by atoms with Gasteiger partial charge in [-0.05, 0) is 12.5 Å². The third-order valence-corrected chi connectivity index (χ3v) is 2.71. The molecule has 1 aromatic rings. The van der Waals surface area contributed by atoms with Crippen LogP contribution in [0.15, 0.2) is 24.3 Å². The Balaban J connectivity index is 3.05. The Bertz CT molecular complexity index is 352. The Morgan fingerprint density at radius 3 is 2.13 bits per heavy atom. The van der Waals surface area contributed by atoms with Gasteiger partial charge in [-0.15, -0.1) is 0 Å². The first kappa shape index (κ1) is 11.7. The van der Waals surface area contributed by atoms with E-state index in [1.807, 2.05) is 31.2 Å². The second-order valence-corrected chi connectivity index (χ2v) is 4.33. The lowest BCUT2D eigenvalue weighted by atomic mass is 9.79. The number of benzene rings is 1. The summed E-state index contributed by atoms with van der Waals surface area (Å²) >= 11 is 0. The minimum atomic E-state index is -1.39. The predicted octanol–water partition coefficient (Wildman–Crippen LogP) is 1.72. The van der Waals surface area contributed by atoms with E-state index in [-0.39, 0.29) is 0 Å². The van der Waals surface area contributed by atoms with Gasteiger partial charge >= 0.3 is 5.97 Å². The quantitative estimate of drug-likeness (QED) is 0.795. The summed E-state index contributed by atoms with van der Waals surface area (Å²) in [5.41, 5.74) is 1.15. The number of aliphatic carboxylic acids is 1. The first-order chi connectivity index (χ1) is 6.85. The van der Waals surface area contributed by atoms with Gasteiger partial charge < -0.3 is 10.2 Å². The molecule has 0 aromatic heterocycles. The van der Waals surface area contributed by atoms with Crippen molar-refractivity contribution in [3.63, 3.8) is 0 Å². The number of rotatable bonds is 3. The molecule has 0 aliphatic carbocycles. The molecule has 1 unspecified atom stereocenters. The monoisotopic (exact) mass is 208 g/mol. The molecule has 1 rings (SSSR count). The van der Waals surface area contributed by atoms with Gasteiger partial charge in [0.1, 0.15) is 0 Å². The number of carbonyl (C=O) groups is 1. The third-order valence-electron chi connectivity index (χ3n) is 2.71. The zero-order valence-corrected chi connectivity index (χ0v) is 9.19. The minimum absolute atomic E-state index is 0.778. The number of aliphatic hydroxyl groups excluding tert-OH is 1.